The van der Waals surface area contributed by atoms with Crippen LogP contribution >= 0.6 is 0 Å². The average molecular weight is 283 g/mol. The maximum atomic E-state index is 12.1. The van der Waals surface area contributed by atoms with Gasteiger partial charge in [-0.2, -0.15) is 0 Å². The number of aromatic amines is 1. The van der Waals surface area contributed by atoms with Crippen LogP contribution in [0, 0.1) is 6.92 Å². The number of aryl methyl sites for hydroxylation is 1. The van der Waals surface area contributed by atoms with Crippen molar-refractivity contribution in [3.8, 4) is 0 Å². The molecule has 0 aromatic carbocycles. The van der Waals surface area contributed by atoms with Crippen LogP contribution in [-0.4, -0.2) is 26.5 Å². The summed E-state index contributed by atoms with van der Waals surface area (Å²) in [4.78, 5) is 30.5. The fraction of sp³-hybridized carbons (Fsp3) is 0.467. The summed E-state index contributed by atoms with van der Waals surface area (Å²) in [5.41, 5.74) is 1.65. The van der Waals surface area contributed by atoms with Crippen LogP contribution in [0.4, 0.5) is 5.82 Å². The van der Waals surface area contributed by atoms with Gasteiger partial charge in [-0.3, -0.25) is 4.79 Å². The standard InChI is InChI=1S/C15H17N5O/c1-9-17-12-5-7-20(8-11(12)15(21)18-9)13-4-6-16-14(19-13)10-2-3-10/h4,6,10H,2-3,5,7-8H2,1H3,(H,17,18,21). The first kappa shape index (κ1) is 12.5. The molecule has 4 rings (SSSR count). The van der Waals surface area contributed by atoms with Crippen molar-refractivity contribution in [2.75, 3.05) is 11.4 Å². The Kier molecular flexibility index (Phi) is 2.77. The Labute approximate surface area is 122 Å². The summed E-state index contributed by atoms with van der Waals surface area (Å²) in [5.74, 6) is 3.08. The second-order valence-corrected chi connectivity index (χ2v) is 5.80. The summed E-state index contributed by atoms with van der Waals surface area (Å²) < 4.78 is 0. The molecule has 2 aliphatic rings. The van der Waals surface area contributed by atoms with Crippen molar-refractivity contribution >= 4 is 5.82 Å². The zero-order chi connectivity index (χ0) is 14.4. The van der Waals surface area contributed by atoms with Gasteiger partial charge in [0, 0.05) is 25.1 Å². The normalized spacial score (nSPS) is 17.7. The van der Waals surface area contributed by atoms with Crippen LogP contribution in [0.1, 0.15) is 41.7 Å². The smallest absolute Gasteiger partial charge is 0.256 e. The molecule has 0 unspecified atom stereocenters. The quantitative estimate of drug-likeness (QED) is 0.899. The molecule has 6 heteroatoms. The molecule has 1 N–H and O–H groups in total. The van der Waals surface area contributed by atoms with Crippen molar-refractivity contribution < 1.29 is 0 Å². The van der Waals surface area contributed by atoms with Crippen molar-refractivity contribution in [1.29, 1.82) is 0 Å². The molecule has 0 radical (unpaired) electrons. The van der Waals surface area contributed by atoms with E-state index >= 15 is 0 Å². The van der Waals surface area contributed by atoms with Crippen LogP contribution in [0.15, 0.2) is 17.1 Å². The largest absolute Gasteiger partial charge is 0.352 e. The topological polar surface area (TPSA) is 74.8 Å². The minimum absolute atomic E-state index is 0.0290. The molecular weight excluding hydrogens is 266 g/mol. The number of hydrogen-bond acceptors (Lipinski definition) is 5. The second-order valence-electron chi connectivity index (χ2n) is 5.80. The SMILES string of the molecule is Cc1nc2c(c(=O)[nH]1)CN(c1ccnc(C3CC3)n1)CC2. The lowest BCUT2D eigenvalue weighted by Gasteiger charge is -2.28. The highest BCUT2D eigenvalue weighted by Crippen LogP contribution is 2.38. The molecular formula is C15H17N5O. The molecule has 0 spiro atoms. The third kappa shape index (κ3) is 2.30. The average Bonchev–Trinajstić information content (AvgIpc) is 3.32. The molecule has 0 bridgehead atoms. The van der Waals surface area contributed by atoms with E-state index in [-0.39, 0.29) is 5.56 Å². The molecule has 1 saturated carbocycles. The summed E-state index contributed by atoms with van der Waals surface area (Å²) in [7, 11) is 0. The van der Waals surface area contributed by atoms with Gasteiger partial charge in [-0.05, 0) is 25.8 Å². The highest BCUT2D eigenvalue weighted by atomic mass is 16.1. The molecule has 1 aliphatic heterocycles. The predicted molar refractivity (Wildman–Crippen MR) is 78.4 cm³/mol. The minimum atomic E-state index is -0.0290. The molecule has 0 amide bonds. The van der Waals surface area contributed by atoms with Crippen LogP contribution in [0.5, 0.6) is 0 Å². The monoisotopic (exact) mass is 283 g/mol. The van der Waals surface area contributed by atoms with E-state index in [0.29, 0.717) is 18.3 Å². The predicted octanol–water partition coefficient (Wildman–Crippen LogP) is 1.31. The van der Waals surface area contributed by atoms with E-state index in [1.165, 1.54) is 12.8 Å². The summed E-state index contributed by atoms with van der Waals surface area (Å²) in [5, 5.41) is 0. The van der Waals surface area contributed by atoms with Gasteiger partial charge in [0.1, 0.15) is 17.5 Å². The van der Waals surface area contributed by atoms with Crippen molar-refractivity contribution in [2.45, 2.75) is 38.6 Å². The summed E-state index contributed by atoms with van der Waals surface area (Å²) in [6, 6.07) is 1.92. The fourth-order valence-corrected chi connectivity index (χ4v) is 2.82. The first-order chi connectivity index (χ1) is 10.2. The van der Waals surface area contributed by atoms with E-state index in [9.17, 15) is 4.79 Å². The van der Waals surface area contributed by atoms with Gasteiger partial charge in [-0.15, -0.1) is 0 Å². The zero-order valence-electron chi connectivity index (χ0n) is 12.0. The van der Waals surface area contributed by atoms with E-state index in [4.69, 9.17) is 0 Å². The highest BCUT2D eigenvalue weighted by molar-refractivity contribution is 5.42. The van der Waals surface area contributed by atoms with E-state index in [0.717, 1.165) is 35.9 Å². The summed E-state index contributed by atoms with van der Waals surface area (Å²) in [6.45, 7) is 3.23. The number of nitrogens with one attached hydrogen (secondary N) is 1. The minimum Gasteiger partial charge on any atom is -0.352 e. The van der Waals surface area contributed by atoms with Crippen molar-refractivity contribution in [3.63, 3.8) is 0 Å². The van der Waals surface area contributed by atoms with Gasteiger partial charge in [0.05, 0.1) is 17.8 Å². The number of anilines is 1. The Balaban J connectivity index is 1.66. The Bertz CT molecular complexity index is 750. The molecule has 1 aliphatic carbocycles. The molecule has 2 aromatic rings. The first-order valence-corrected chi connectivity index (χ1v) is 7.37. The van der Waals surface area contributed by atoms with Gasteiger partial charge in [0.25, 0.3) is 5.56 Å². The Hall–Kier alpha value is -2.24. The van der Waals surface area contributed by atoms with E-state index in [1.54, 1.807) is 0 Å². The van der Waals surface area contributed by atoms with Crippen molar-refractivity contribution in [3.05, 3.63) is 45.5 Å². The molecule has 6 nitrogen and oxygen atoms in total. The fourth-order valence-electron chi connectivity index (χ4n) is 2.82. The highest BCUT2D eigenvalue weighted by Gasteiger charge is 2.28. The van der Waals surface area contributed by atoms with Crippen LogP contribution in [-0.2, 0) is 13.0 Å². The molecule has 108 valence electrons. The van der Waals surface area contributed by atoms with Crippen molar-refractivity contribution in [2.24, 2.45) is 0 Å². The molecule has 2 aromatic heterocycles. The van der Waals surface area contributed by atoms with Crippen LogP contribution < -0.4 is 10.5 Å². The molecule has 3 heterocycles. The maximum Gasteiger partial charge on any atom is 0.256 e. The Morgan fingerprint density at radius 1 is 1.33 bits per heavy atom. The zero-order valence-corrected chi connectivity index (χ0v) is 12.0. The number of rotatable bonds is 2. The number of hydrogen-bond donors (Lipinski definition) is 1. The second kappa shape index (κ2) is 4.65. The van der Waals surface area contributed by atoms with Gasteiger partial charge >= 0.3 is 0 Å². The van der Waals surface area contributed by atoms with Gasteiger partial charge in [0.2, 0.25) is 0 Å². The lowest BCUT2D eigenvalue weighted by molar-refractivity contribution is 0.679. The van der Waals surface area contributed by atoms with Crippen LogP contribution in [0.2, 0.25) is 0 Å². The maximum absolute atomic E-state index is 12.1. The van der Waals surface area contributed by atoms with E-state index in [2.05, 4.69) is 24.8 Å². The number of nitrogens with zero attached hydrogens (tertiary/aromatic N) is 4. The number of fused-ring (bicyclic) bond motifs is 1. The Morgan fingerprint density at radius 2 is 2.19 bits per heavy atom. The van der Waals surface area contributed by atoms with Gasteiger partial charge in [0.15, 0.2) is 0 Å². The van der Waals surface area contributed by atoms with Gasteiger partial charge in [-0.25, -0.2) is 15.0 Å². The number of H-pyrrole nitrogens is 1. The van der Waals surface area contributed by atoms with Crippen LogP contribution in [0.3, 0.4) is 0 Å². The van der Waals surface area contributed by atoms with Gasteiger partial charge in [-0.1, -0.05) is 0 Å². The summed E-state index contributed by atoms with van der Waals surface area (Å²) in [6.07, 6.45) is 4.98. The molecule has 21 heavy (non-hydrogen) atoms. The molecule has 0 saturated heterocycles. The first-order valence-electron chi connectivity index (χ1n) is 7.37. The van der Waals surface area contributed by atoms with Crippen LogP contribution in [0.25, 0.3) is 0 Å². The van der Waals surface area contributed by atoms with Gasteiger partial charge < -0.3 is 9.88 Å². The lowest BCUT2D eigenvalue weighted by Crippen LogP contribution is -2.36. The Morgan fingerprint density at radius 3 is 3.00 bits per heavy atom. The molecule has 1 fully saturated rings. The van der Waals surface area contributed by atoms with E-state index < -0.39 is 0 Å². The third-order valence-electron chi connectivity index (χ3n) is 4.11. The number of aromatic nitrogens is 4. The van der Waals surface area contributed by atoms with E-state index in [1.807, 2.05) is 19.2 Å². The third-order valence-corrected chi connectivity index (χ3v) is 4.11. The summed E-state index contributed by atoms with van der Waals surface area (Å²) >= 11 is 0. The molecule has 0 atom stereocenters. The van der Waals surface area contributed by atoms with Crippen molar-refractivity contribution in [1.82, 2.24) is 19.9 Å². The lowest BCUT2D eigenvalue weighted by atomic mass is 10.1.